The molecule has 1 N–H and O–H groups in total. The fraction of sp³-hybridized carbons (Fsp3) is 0.300. The summed E-state index contributed by atoms with van der Waals surface area (Å²) in [7, 11) is 0. The molecule has 1 aromatic heterocycles. The van der Waals surface area contributed by atoms with Crippen LogP contribution >= 0.6 is 0 Å². The van der Waals surface area contributed by atoms with Crippen molar-refractivity contribution in [2.45, 2.75) is 12.8 Å². The second-order valence-electron chi connectivity index (χ2n) is 3.06. The van der Waals surface area contributed by atoms with Gasteiger partial charge in [-0.2, -0.15) is 0 Å². The van der Waals surface area contributed by atoms with Gasteiger partial charge in [0, 0.05) is 18.3 Å². The number of carboxylic acid groups (broad SMARTS) is 1. The lowest BCUT2D eigenvalue weighted by atomic mass is 9.99. The van der Waals surface area contributed by atoms with E-state index in [2.05, 4.69) is 4.98 Å². The second-order valence-corrected chi connectivity index (χ2v) is 3.06. The van der Waals surface area contributed by atoms with Gasteiger partial charge in [0.1, 0.15) is 6.29 Å². The van der Waals surface area contributed by atoms with Gasteiger partial charge in [0.15, 0.2) is 0 Å². The van der Waals surface area contributed by atoms with Crippen LogP contribution in [0.4, 0.5) is 0 Å². The number of carbonyl (C=O) groups excluding carboxylic acids is 1. The number of aldehydes is 1. The molecule has 0 radical (unpaired) electrons. The van der Waals surface area contributed by atoms with Crippen molar-refractivity contribution in [1.82, 2.24) is 4.98 Å². The van der Waals surface area contributed by atoms with Crippen molar-refractivity contribution in [3.63, 3.8) is 0 Å². The van der Waals surface area contributed by atoms with Gasteiger partial charge in [0.2, 0.25) is 0 Å². The summed E-state index contributed by atoms with van der Waals surface area (Å²) >= 11 is 0. The van der Waals surface area contributed by atoms with E-state index in [-0.39, 0.29) is 6.42 Å². The van der Waals surface area contributed by atoms with Crippen molar-refractivity contribution in [2.75, 3.05) is 0 Å². The minimum absolute atomic E-state index is 0.127. The quantitative estimate of drug-likeness (QED) is 0.706. The Morgan fingerprint density at radius 3 is 2.93 bits per heavy atom. The van der Waals surface area contributed by atoms with Crippen LogP contribution < -0.4 is 0 Å². The van der Waals surface area contributed by atoms with Crippen molar-refractivity contribution in [2.24, 2.45) is 5.92 Å². The highest BCUT2D eigenvalue weighted by Crippen LogP contribution is 2.08. The molecule has 0 amide bonds. The maximum atomic E-state index is 10.6. The van der Waals surface area contributed by atoms with E-state index in [9.17, 15) is 9.59 Å². The van der Waals surface area contributed by atoms with Crippen LogP contribution in [-0.2, 0) is 16.0 Å². The summed E-state index contributed by atoms with van der Waals surface area (Å²) in [5, 5.41) is 8.52. The van der Waals surface area contributed by atoms with Crippen molar-refractivity contribution >= 4 is 12.3 Å². The van der Waals surface area contributed by atoms with Crippen LogP contribution in [0.3, 0.4) is 0 Å². The Hall–Kier alpha value is -1.71. The van der Waals surface area contributed by atoms with Gasteiger partial charge in [0.05, 0.1) is 6.42 Å². The van der Waals surface area contributed by atoms with E-state index in [1.54, 1.807) is 18.5 Å². The van der Waals surface area contributed by atoms with Crippen molar-refractivity contribution in [3.8, 4) is 0 Å². The molecule has 1 aromatic rings. The summed E-state index contributed by atoms with van der Waals surface area (Å²) in [6.45, 7) is 0. The Kier molecular flexibility index (Phi) is 3.79. The number of hydrogen-bond acceptors (Lipinski definition) is 3. The van der Waals surface area contributed by atoms with Crippen LogP contribution in [0.2, 0.25) is 0 Å². The largest absolute Gasteiger partial charge is 0.481 e. The predicted molar refractivity (Wildman–Crippen MR) is 49.7 cm³/mol. The molecule has 1 heterocycles. The topological polar surface area (TPSA) is 67.3 Å². The lowest BCUT2D eigenvalue weighted by Crippen LogP contribution is -2.12. The molecule has 0 aromatic carbocycles. The lowest BCUT2D eigenvalue weighted by molar-refractivity contribution is -0.139. The molecule has 0 aliphatic carbocycles. The van der Waals surface area contributed by atoms with Gasteiger partial charge >= 0.3 is 5.97 Å². The average Bonchev–Trinajstić information content (AvgIpc) is 2.17. The number of carboxylic acids is 1. The molecule has 0 saturated carbocycles. The first-order valence-corrected chi connectivity index (χ1v) is 4.28. The van der Waals surface area contributed by atoms with Crippen LogP contribution in [-0.4, -0.2) is 22.3 Å². The lowest BCUT2D eigenvalue weighted by Gasteiger charge is -2.06. The molecule has 0 bridgehead atoms. The predicted octanol–water partition coefficient (Wildman–Crippen LogP) is 0.914. The van der Waals surface area contributed by atoms with Crippen molar-refractivity contribution < 1.29 is 14.7 Å². The monoisotopic (exact) mass is 193 g/mol. The number of nitrogens with zero attached hydrogens (tertiary/aromatic N) is 1. The first-order valence-electron chi connectivity index (χ1n) is 4.28. The molecule has 4 heteroatoms. The molecule has 0 aliphatic rings. The summed E-state index contributed by atoms with van der Waals surface area (Å²) in [5.41, 5.74) is 0.880. The van der Waals surface area contributed by atoms with Crippen LogP contribution in [0.5, 0.6) is 0 Å². The van der Waals surface area contributed by atoms with Gasteiger partial charge in [-0.15, -0.1) is 0 Å². The number of pyridine rings is 1. The zero-order chi connectivity index (χ0) is 10.4. The zero-order valence-electron chi connectivity index (χ0n) is 7.59. The van der Waals surface area contributed by atoms with E-state index < -0.39 is 11.9 Å². The third kappa shape index (κ3) is 3.35. The maximum absolute atomic E-state index is 10.6. The first-order chi connectivity index (χ1) is 6.72. The summed E-state index contributed by atoms with van der Waals surface area (Å²) in [4.78, 5) is 24.8. The fourth-order valence-electron chi connectivity index (χ4n) is 1.21. The zero-order valence-corrected chi connectivity index (χ0v) is 7.59. The Labute approximate surface area is 81.6 Å². The first kappa shape index (κ1) is 10.4. The summed E-state index contributed by atoms with van der Waals surface area (Å²) in [6.07, 6.45) is 4.26. The molecule has 14 heavy (non-hydrogen) atoms. The summed E-state index contributed by atoms with van der Waals surface area (Å²) < 4.78 is 0. The fourth-order valence-corrected chi connectivity index (χ4v) is 1.21. The Morgan fingerprint density at radius 2 is 2.43 bits per heavy atom. The number of carbonyl (C=O) groups is 2. The number of hydrogen-bond donors (Lipinski definition) is 1. The number of rotatable bonds is 5. The highest BCUT2D eigenvalue weighted by atomic mass is 16.4. The molecule has 0 aliphatic heterocycles. The highest BCUT2D eigenvalue weighted by molar-refractivity contribution is 5.71. The van der Waals surface area contributed by atoms with E-state index in [0.29, 0.717) is 12.7 Å². The summed E-state index contributed by atoms with van der Waals surface area (Å²) in [5.74, 6) is -1.41. The SMILES string of the molecule is O=CC(CC(=O)O)Cc1cccnc1. The minimum Gasteiger partial charge on any atom is -0.481 e. The van der Waals surface area contributed by atoms with Crippen LogP contribution in [0.25, 0.3) is 0 Å². The highest BCUT2D eigenvalue weighted by Gasteiger charge is 2.12. The Balaban J connectivity index is 2.57. The second kappa shape index (κ2) is 5.11. The normalized spacial score (nSPS) is 12.0. The molecule has 1 rings (SSSR count). The average molecular weight is 193 g/mol. The molecule has 74 valence electrons. The van der Waals surface area contributed by atoms with Gasteiger partial charge in [-0.25, -0.2) is 0 Å². The Bertz CT molecular complexity index is 310. The van der Waals surface area contributed by atoms with Gasteiger partial charge < -0.3 is 9.90 Å². The molecule has 4 nitrogen and oxygen atoms in total. The Morgan fingerprint density at radius 1 is 1.64 bits per heavy atom. The third-order valence-electron chi connectivity index (χ3n) is 1.85. The van der Waals surface area contributed by atoms with E-state index >= 15 is 0 Å². The van der Waals surface area contributed by atoms with Crippen LogP contribution in [0, 0.1) is 5.92 Å². The molecule has 0 fully saturated rings. The molecular weight excluding hydrogens is 182 g/mol. The standard InChI is InChI=1S/C10H11NO3/c12-7-9(5-10(13)14)4-8-2-1-3-11-6-8/h1-3,6-7,9H,4-5H2,(H,13,14). The minimum atomic E-state index is -0.953. The van der Waals surface area contributed by atoms with Gasteiger partial charge in [0.25, 0.3) is 0 Å². The molecule has 1 atom stereocenters. The maximum Gasteiger partial charge on any atom is 0.304 e. The van der Waals surface area contributed by atoms with E-state index in [4.69, 9.17) is 5.11 Å². The van der Waals surface area contributed by atoms with E-state index in [1.165, 1.54) is 0 Å². The van der Waals surface area contributed by atoms with Crippen molar-refractivity contribution in [3.05, 3.63) is 30.1 Å². The number of aliphatic carboxylic acids is 1. The van der Waals surface area contributed by atoms with Crippen LogP contribution in [0.15, 0.2) is 24.5 Å². The van der Waals surface area contributed by atoms with Crippen molar-refractivity contribution in [1.29, 1.82) is 0 Å². The molecule has 0 spiro atoms. The van der Waals surface area contributed by atoms with E-state index in [0.717, 1.165) is 5.56 Å². The third-order valence-corrected chi connectivity index (χ3v) is 1.85. The van der Waals surface area contributed by atoms with E-state index in [1.807, 2.05) is 6.07 Å². The van der Waals surface area contributed by atoms with Crippen LogP contribution in [0.1, 0.15) is 12.0 Å². The number of aromatic nitrogens is 1. The summed E-state index contributed by atoms with van der Waals surface area (Å²) in [6, 6.07) is 3.59. The van der Waals surface area contributed by atoms with Gasteiger partial charge in [-0.1, -0.05) is 6.07 Å². The molecular formula is C10H11NO3. The molecule has 1 unspecified atom stereocenters. The molecule has 0 saturated heterocycles. The van der Waals surface area contributed by atoms with Gasteiger partial charge in [-0.05, 0) is 18.1 Å². The smallest absolute Gasteiger partial charge is 0.304 e. The van der Waals surface area contributed by atoms with Gasteiger partial charge in [-0.3, -0.25) is 9.78 Å².